The Kier molecular flexibility index (Phi) is 10.1. The highest BCUT2D eigenvalue weighted by Crippen LogP contribution is 2.30. The van der Waals surface area contributed by atoms with Crippen molar-refractivity contribution in [3.63, 3.8) is 0 Å². The summed E-state index contributed by atoms with van der Waals surface area (Å²) < 4.78 is 16.4. The fourth-order valence-electron chi connectivity index (χ4n) is 2.90. The Balaban J connectivity index is 2.30. The van der Waals surface area contributed by atoms with Crippen LogP contribution < -0.4 is 19.5 Å². The van der Waals surface area contributed by atoms with Gasteiger partial charge in [-0.05, 0) is 56.2 Å². The van der Waals surface area contributed by atoms with E-state index in [1.165, 1.54) is 31.4 Å². The molecular formula is C27H27N3O5. The minimum atomic E-state index is -0.867. The van der Waals surface area contributed by atoms with Gasteiger partial charge in [-0.15, -0.1) is 0 Å². The van der Waals surface area contributed by atoms with Gasteiger partial charge >= 0.3 is 5.97 Å². The molecule has 2 aromatic carbocycles. The smallest absolute Gasteiger partial charge is 0.354 e. The first kappa shape index (κ1) is 26.7. The van der Waals surface area contributed by atoms with Crippen LogP contribution in [0.5, 0.6) is 17.2 Å². The predicted octanol–water partition coefficient (Wildman–Crippen LogP) is 4.43. The predicted molar refractivity (Wildman–Crippen MR) is 131 cm³/mol. The van der Waals surface area contributed by atoms with Crippen molar-refractivity contribution in [1.82, 2.24) is 5.32 Å². The molecule has 1 N–H and O–H groups in total. The molecule has 0 atom stereocenters. The monoisotopic (exact) mass is 473 g/mol. The molecule has 35 heavy (non-hydrogen) atoms. The second-order valence-corrected chi connectivity index (χ2v) is 7.65. The first-order valence-electron chi connectivity index (χ1n) is 11.0. The summed E-state index contributed by atoms with van der Waals surface area (Å²) in [5.41, 5.74) is 0.769. The number of nitriles is 2. The molecule has 0 radical (unpaired) electrons. The van der Waals surface area contributed by atoms with E-state index in [2.05, 4.69) is 5.32 Å². The highest BCUT2D eigenvalue weighted by Gasteiger charge is 2.17. The molecule has 0 aromatic heterocycles. The van der Waals surface area contributed by atoms with Gasteiger partial charge in [-0.25, -0.2) is 4.79 Å². The second kappa shape index (κ2) is 13.2. The number of para-hydroxylation sites is 1. The standard InChI is InChI=1S/C27H27N3O5/c1-5-12-34-23-9-7-6-8-20(23)15-22(17-29)27(32)35-24-11-10-19(14-25(24)33-4)13-21(16-28)26(31)30-18(2)3/h6-11,13-15,18H,5,12H2,1-4H3,(H,30,31)/b21-13+,22-15+. The third kappa shape index (κ3) is 7.76. The number of carbonyl (C=O) groups excluding carboxylic acids is 2. The summed E-state index contributed by atoms with van der Waals surface area (Å²) in [6, 6.07) is 15.2. The van der Waals surface area contributed by atoms with Gasteiger partial charge in [0.2, 0.25) is 0 Å². The second-order valence-electron chi connectivity index (χ2n) is 7.65. The third-order valence-corrected chi connectivity index (χ3v) is 4.51. The Morgan fingerprint density at radius 1 is 1.00 bits per heavy atom. The lowest BCUT2D eigenvalue weighted by molar-refractivity contribution is -0.129. The highest BCUT2D eigenvalue weighted by molar-refractivity contribution is 6.02. The van der Waals surface area contributed by atoms with Crippen molar-refractivity contribution in [2.24, 2.45) is 0 Å². The average Bonchev–Trinajstić information content (AvgIpc) is 2.85. The number of benzene rings is 2. The Labute approximate surface area is 205 Å². The normalized spacial score (nSPS) is 11.3. The zero-order chi connectivity index (χ0) is 25.8. The lowest BCUT2D eigenvalue weighted by Crippen LogP contribution is -2.30. The third-order valence-electron chi connectivity index (χ3n) is 4.51. The van der Waals surface area contributed by atoms with Gasteiger partial charge in [0.05, 0.1) is 13.7 Å². The number of nitrogens with zero attached hydrogens (tertiary/aromatic N) is 2. The summed E-state index contributed by atoms with van der Waals surface area (Å²) >= 11 is 0. The molecule has 8 heteroatoms. The molecule has 0 aliphatic carbocycles. The zero-order valence-corrected chi connectivity index (χ0v) is 20.1. The molecule has 0 heterocycles. The van der Waals surface area contributed by atoms with E-state index in [1.54, 1.807) is 44.2 Å². The van der Waals surface area contributed by atoms with Crippen LogP contribution in [0.2, 0.25) is 0 Å². The number of rotatable bonds is 10. The Hall–Kier alpha value is -4.56. The van der Waals surface area contributed by atoms with Crippen molar-refractivity contribution in [2.45, 2.75) is 33.2 Å². The van der Waals surface area contributed by atoms with Gasteiger partial charge in [0.1, 0.15) is 29.0 Å². The maximum absolute atomic E-state index is 12.7. The quantitative estimate of drug-likeness (QED) is 0.234. The number of esters is 1. The molecule has 180 valence electrons. The van der Waals surface area contributed by atoms with Crippen LogP contribution in [0, 0.1) is 22.7 Å². The Morgan fingerprint density at radius 2 is 1.71 bits per heavy atom. The maximum atomic E-state index is 12.7. The van der Waals surface area contributed by atoms with E-state index in [4.69, 9.17) is 14.2 Å². The number of carbonyl (C=O) groups is 2. The molecule has 0 saturated carbocycles. The van der Waals surface area contributed by atoms with Crippen LogP contribution >= 0.6 is 0 Å². The average molecular weight is 474 g/mol. The number of ether oxygens (including phenoxy) is 3. The van der Waals surface area contributed by atoms with Crippen LogP contribution in [0.15, 0.2) is 53.6 Å². The van der Waals surface area contributed by atoms with E-state index < -0.39 is 11.9 Å². The molecule has 2 aromatic rings. The SMILES string of the molecule is CCCOc1ccccc1/C=C(\C#N)C(=O)Oc1ccc(/C=C(\C#N)C(=O)NC(C)C)cc1OC. The van der Waals surface area contributed by atoms with E-state index in [0.29, 0.717) is 23.5 Å². The van der Waals surface area contributed by atoms with Crippen molar-refractivity contribution < 1.29 is 23.8 Å². The molecular weight excluding hydrogens is 446 g/mol. The fraction of sp³-hybridized carbons (Fsp3) is 0.259. The van der Waals surface area contributed by atoms with Gasteiger partial charge in [-0.1, -0.05) is 31.2 Å². The summed E-state index contributed by atoms with van der Waals surface area (Å²) in [5.74, 6) is -0.537. The molecule has 0 saturated heterocycles. The lowest BCUT2D eigenvalue weighted by atomic mass is 10.1. The minimum absolute atomic E-state index is 0.0795. The number of nitrogens with one attached hydrogen (secondary N) is 1. The molecule has 0 spiro atoms. The van der Waals surface area contributed by atoms with E-state index in [9.17, 15) is 20.1 Å². The first-order valence-corrected chi connectivity index (χ1v) is 11.0. The van der Waals surface area contributed by atoms with Crippen molar-refractivity contribution in [3.8, 4) is 29.4 Å². The van der Waals surface area contributed by atoms with E-state index in [0.717, 1.165) is 6.42 Å². The summed E-state index contributed by atoms with van der Waals surface area (Å²) in [6.07, 6.45) is 3.62. The van der Waals surface area contributed by atoms with Crippen molar-refractivity contribution in [2.75, 3.05) is 13.7 Å². The first-order chi connectivity index (χ1) is 16.8. The number of hydrogen-bond acceptors (Lipinski definition) is 7. The lowest BCUT2D eigenvalue weighted by Gasteiger charge is -2.11. The van der Waals surface area contributed by atoms with Crippen LogP contribution in [-0.2, 0) is 9.59 Å². The molecule has 0 aliphatic heterocycles. The topological polar surface area (TPSA) is 121 Å². The van der Waals surface area contributed by atoms with Crippen LogP contribution in [0.4, 0.5) is 0 Å². The van der Waals surface area contributed by atoms with Gasteiger partial charge in [0.15, 0.2) is 11.5 Å². The van der Waals surface area contributed by atoms with Gasteiger partial charge in [-0.3, -0.25) is 4.79 Å². The van der Waals surface area contributed by atoms with Gasteiger partial charge in [0, 0.05) is 11.6 Å². The molecule has 0 fully saturated rings. The molecule has 0 unspecified atom stereocenters. The van der Waals surface area contributed by atoms with Gasteiger partial charge < -0.3 is 19.5 Å². The molecule has 1 amide bonds. The van der Waals surface area contributed by atoms with Crippen LogP contribution in [0.1, 0.15) is 38.3 Å². The fourth-order valence-corrected chi connectivity index (χ4v) is 2.90. The van der Waals surface area contributed by atoms with Crippen molar-refractivity contribution >= 4 is 24.0 Å². The zero-order valence-electron chi connectivity index (χ0n) is 20.1. The van der Waals surface area contributed by atoms with E-state index in [-0.39, 0.29) is 28.7 Å². The molecule has 8 nitrogen and oxygen atoms in total. The summed E-state index contributed by atoms with van der Waals surface area (Å²) in [6.45, 7) is 6.06. The Bertz CT molecular complexity index is 1220. The highest BCUT2D eigenvalue weighted by atomic mass is 16.6. The van der Waals surface area contributed by atoms with Crippen molar-refractivity contribution in [3.05, 3.63) is 64.7 Å². The van der Waals surface area contributed by atoms with Crippen LogP contribution in [0.25, 0.3) is 12.2 Å². The molecule has 2 rings (SSSR count). The summed E-state index contributed by atoms with van der Waals surface area (Å²) in [5, 5.41) is 21.5. The number of hydrogen-bond donors (Lipinski definition) is 1. The molecule has 0 aliphatic rings. The van der Waals surface area contributed by atoms with E-state index in [1.807, 2.05) is 19.1 Å². The minimum Gasteiger partial charge on any atom is -0.493 e. The van der Waals surface area contributed by atoms with E-state index >= 15 is 0 Å². The van der Waals surface area contributed by atoms with Gasteiger partial charge in [-0.2, -0.15) is 10.5 Å². The largest absolute Gasteiger partial charge is 0.493 e. The van der Waals surface area contributed by atoms with Crippen molar-refractivity contribution in [1.29, 1.82) is 10.5 Å². The number of amides is 1. The maximum Gasteiger partial charge on any atom is 0.354 e. The Morgan fingerprint density at radius 3 is 2.34 bits per heavy atom. The summed E-state index contributed by atoms with van der Waals surface area (Å²) in [7, 11) is 1.39. The molecule has 0 bridgehead atoms. The summed E-state index contributed by atoms with van der Waals surface area (Å²) in [4.78, 5) is 24.9. The number of methoxy groups -OCH3 is 1. The van der Waals surface area contributed by atoms with Gasteiger partial charge in [0.25, 0.3) is 5.91 Å². The van der Waals surface area contributed by atoms with Crippen LogP contribution in [-0.4, -0.2) is 31.6 Å². The van der Waals surface area contributed by atoms with Crippen LogP contribution in [0.3, 0.4) is 0 Å².